The van der Waals surface area contributed by atoms with Crippen molar-refractivity contribution in [1.82, 2.24) is 20.2 Å². The van der Waals surface area contributed by atoms with Gasteiger partial charge in [-0.1, -0.05) is 18.2 Å². The van der Waals surface area contributed by atoms with Crippen molar-refractivity contribution >= 4 is 17.6 Å². The summed E-state index contributed by atoms with van der Waals surface area (Å²) in [4.78, 5) is 34.6. The average Bonchev–Trinajstić information content (AvgIpc) is 3.42. The number of anilines is 1. The van der Waals surface area contributed by atoms with Crippen LogP contribution in [0, 0.1) is 5.82 Å². The zero-order chi connectivity index (χ0) is 21.4. The van der Waals surface area contributed by atoms with Crippen molar-refractivity contribution in [2.45, 2.75) is 31.8 Å². The number of likely N-dealkylation sites (tertiary alicyclic amines) is 1. The van der Waals surface area contributed by atoms with Gasteiger partial charge in [0, 0.05) is 35.5 Å². The Morgan fingerprint density at radius 3 is 2.94 bits per heavy atom. The first kappa shape index (κ1) is 19.3. The van der Waals surface area contributed by atoms with E-state index >= 15 is 0 Å². The number of carbonyl (C=O) groups excluding carboxylic acids is 2. The molecule has 5 rings (SSSR count). The van der Waals surface area contributed by atoms with Gasteiger partial charge in [0.05, 0.1) is 17.9 Å². The Bertz CT molecular complexity index is 1160. The van der Waals surface area contributed by atoms with E-state index in [-0.39, 0.29) is 23.8 Å². The Kier molecular flexibility index (Phi) is 4.89. The topological polar surface area (TPSA) is 90.1 Å². The number of hydrogen-bond donors (Lipinski definition) is 3. The molecule has 0 aliphatic carbocycles. The van der Waals surface area contributed by atoms with Crippen molar-refractivity contribution in [2.24, 2.45) is 0 Å². The van der Waals surface area contributed by atoms with Crippen LogP contribution in [0.1, 0.15) is 47.1 Å². The highest BCUT2D eigenvalue weighted by molar-refractivity contribution is 6.01. The first-order valence-electron chi connectivity index (χ1n) is 10.4. The fraction of sp³-hybridized carbons (Fsp3) is 0.261. The highest BCUT2D eigenvalue weighted by atomic mass is 19.1. The molecule has 2 aromatic carbocycles. The normalized spacial score (nSPS) is 17.9. The summed E-state index contributed by atoms with van der Waals surface area (Å²) in [5.74, 6) is 0.252. The van der Waals surface area contributed by atoms with E-state index in [1.165, 1.54) is 12.1 Å². The molecule has 1 atom stereocenters. The zero-order valence-corrected chi connectivity index (χ0v) is 16.8. The molecule has 2 aliphatic heterocycles. The van der Waals surface area contributed by atoms with Crippen molar-refractivity contribution in [3.05, 3.63) is 71.4 Å². The maximum absolute atomic E-state index is 13.6. The molecule has 31 heavy (non-hydrogen) atoms. The second kappa shape index (κ2) is 7.86. The minimum absolute atomic E-state index is 0.123. The summed E-state index contributed by atoms with van der Waals surface area (Å²) in [6, 6.07) is 11.2. The summed E-state index contributed by atoms with van der Waals surface area (Å²) in [5.41, 5.74) is 3.47. The number of hydrogen-bond acceptors (Lipinski definition) is 3. The van der Waals surface area contributed by atoms with Gasteiger partial charge in [-0.25, -0.2) is 14.2 Å². The number of urea groups is 1. The molecule has 158 valence electrons. The quantitative estimate of drug-likeness (QED) is 0.594. The first-order valence-corrected chi connectivity index (χ1v) is 10.4. The number of aromatic nitrogens is 2. The minimum atomic E-state index is -0.310. The van der Waals surface area contributed by atoms with E-state index in [1.54, 1.807) is 29.3 Å². The number of fused-ring (bicyclic) bond motifs is 1. The largest absolute Gasteiger partial charge is 0.348 e. The molecule has 8 heteroatoms. The molecular formula is C23H22FN5O2. The lowest BCUT2D eigenvalue weighted by atomic mass is 10.0. The van der Waals surface area contributed by atoms with Crippen LogP contribution < -0.4 is 10.6 Å². The number of aromatic amines is 1. The van der Waals surface area contributed by atoms with Gasteiger partial charge in [0.2, 0.25) is 0 Å². The van der Waals surface area contributed by atoms with Gasteiger partial charge in [-0.3, -0.25) is 4.79 Å². The number of benzene rings is 2. The van der Waals surface area contributed by atoms with Gasteiger partial charge in [0.15, 0.2) is 0 Å². The molecule has 3 amide bonds. The van der Waals surface area contributed by atoms with Crippen LogP contribution in [0.25, 0.3) is 11.3 Å². The standard InChI is InChI=1S/C23H22FN5O2/c24-15-6-3-5-14(11-15)19-13-25-21(27-19)20-9-1-2-10-29(20)23(31)28-18-8-4-7-16-17(18)12-26-22(16)30/h3-8,11,13,20H,1-2,9-10,12H2,(H,25,27)(H,26,30)(H,28,31). The van der Waals surface area contributed by atoms with Crippen molar-refractivity contribution in [2.75, 3.05) is 11.9 Å². The fourth-order valence-electron chi connectivity index (χ4n) is 4.33. The molecule has 0 spiro atoms. The smallest absolute Gasteiger partial charge is 0.322 e. The van der Waals surface area contributed by atoms with Crippen molar-refractivity contribution in [3.8, 4) is 11.3 Å². The number of rotatable bonds is 3. The number of imidazole rings is 1. The van der Waals surface area contributed by atoms with Crippen LogP contribution in [0.3, 0.4) is 0 Å². The second-order valence-corrected chi connectivity index (χ2v) is 7.84. The zero-order valence-electron chi connectivity index (χ0n) is 16.8. The summed E-state index contributed by atoms with van der Waals surface area (Å²) in [6.07, 6.45) is 4.37. The molecule has 7 nitrogen and oxygen atoms in total. The maximum Gasteiger partial charge on any atom is 0.322 e. The number of H-pyrrole nitrogens is 1. The third-order valence-electron chi connectivity index (χ3n) is 5.90. The molecule has 1 aromatic heterocycles. The number of nitrogens with one attached hydrogen (secondary N) is 3. The molecule has 3 heterocycles. The fourth-order valence-corrected chi connectivity index (χ4v) is 4.33. The van der Waals surface area contributed by atoms with E-state index in [0.717, 1.165) is 24.8 Å². The Morgan fingerprint density at radius 2 is 2.06 bits per heavy atom. The van der Waals surface area contributed by atoms with Crippen LogP contribution >= 0.6 is 0 Å². The number of piperidine rings is 1. The highest BCUT2D eigenvalue weighted by Gasteiger charge is 2.31. The molecule has 3 aromatic rings. The summed E-state index contributed by atoms with van der Waals surface area (Å²) in [6.45, 7) is 1.02. The SMILES string of the molecule is O=C1NCc2c(NC(=O)N3CCCCC3c3ncc(-c4cccc(F)c4)[nH]3)cccc21. The number of amides is 3. The van der Waals surface area contributed by atoms with Gasteiger partial charge >= 0.3 is 6.03 Å². The monoisotopic (exact) mass is 419 g/mol. The van der Waals surface area contributed by atoms with E-state index in [0.29, 0.717) is 41.4 Å². The molecule has 1 fully saturated rings. The Morgan fingerprint density at radius 1 is 1.19 bits per heavy atom. The molecule has 2 aliphatic rings. The third kappa shape index (κ3) is 3.65. The Hall–Kier alpha value is -3.68. The third-order valence-corrected chi connectivity index (χ3v) is 5.90. The van der Waals surface area contributed by atoms with E-state index < -0.39 is 0 Å². The molecule has 0 saturated carbocycles. The molecule has 3 N–H and O–H groups in total. The van der Waals surface area contributed by atoms with Crippen LogP contribution in [0.4, 0.5) is 14.9 Å². The Labute approximate surface area is 178 Å². The molecule has 1 saturated heterocycles. The summed E-state index contributed by atoms with van der Waals surface area (Å²) >= 11 is 0. The van der Waals surface area contributed by atoms with Crippen molar-refractivity contribution < 1.29 is 14.0 Å². The average molecular weight is 419 g/mol. The van der Waals surface area contributed by atoms with E-state index in [9.17, 15) is 14.0 Å². The minimum Gasteiger partial charge on any atom is -0.348 e. The predicted molar refractivity (Wildman–Crippen MR) is 114 cm³/mol. The van der Waals surface area contributed by atoms with Gasteiger partial charge in [-0.15, -0.1) is 0 Å². The van der Waals surface area contributed by atoms with E-state index in [2.05, 4.69) is 20.6 Å². The van der Waals surface area contributed by atoms with E-state index in [1.807, 2.05) is 12.1 Å². The number of carbonyl (C=O) groups is 2. The Balaban J connectivity index is 1.38. The van der Waals surface area contributed by atoms with Gasteiger partial charge in [0.25, 0.3) is 5.91 Å². The summed E-state index contributed by atoms with van der Waals surface area (Å²) in [7, 11) is 0. The molecule has 0 bridgehead atoms. The van der Waals surface area contributed by atoms with Crippen molar-refractivity contribution in [1.29, 1.82) is 0 Å². The lowest BCUT2D eigenvalue weighted by Crippen LogP contribution is -2.41. The van der Waals surface area contributed by atoms with Crippen molar-refractivity contribution in [3.63, 3.8) is 0 Å². The van der Waals surface area contributed by atoms with Gasteiger partial charge < -0.3 is 20.5 Å². The number of halogens is 1. The van der Waals surface area contributed by atoms with E-state index in [4.69, 9.17) is 0 Å². The molecule has 1 unspecified atom stereocenters. The molecular weight excluding hydrogens is 397 g/mol. The van der Waals surface area contributed by atoms with Crippen LogP contribution in [0.2, 0.25) is 0 Å². The van der Waals surface area contributed by atoms with Gasteiger partial charge in [0.1, 0.15) is 11.6 Å². The summed E-state index contributed by atoms with van der Waals surface area (Å²) < 4.78 is 13.6. The van der Waals surface area contributed by atoms with Gasteiger partial charge in [-0.2, -0.15) is 0 Å². The molecule has 0 radical (unpaired) electrons. The predicted octanol–water partition coefficient (Wildman–Crippen LogP) is 4.22. The van der Waals surface area contributed by atoms with Gasteiger partial charge in [-0.05, 0) is 43.5 Å². The van der Waals surface area contributed by atoms with Crippen LogP contribution in [-0.2, 0) is 6.54 Å². The maximum atomic E-state index is 13.6. The van der Waals surface area contributed by atoms with Crippen LogP contribution in [0.15, 0.2) is 48.7 Å². The first-order chi connectivity index (χ1) is 15.1. The lowest BCUT2D eigenvalue weighted by Gasteiger charge is -2.34. The number of nitrogens with zero attached hydrogens (tertiary/aromatic N) is 2. The van der Waals surface area contributed by atoms with Crippen LogP contribution in [0.5, 0.6) is 0 Å². The second-order valence-electron chi connectivity index (χ2n) is 7.84. The summed E-state index contributed by atoms with van der Waals surface area (Å²) in [5, 5.41) is 5.77. The highest BCUT2D eigenvalue weighted by Crippen LogP contribution is 2.32. The lowest BCUT2D eigenvalue weighted by molar-refractivity contribution is 0.0965. The van der Waals surface area contributed by atoms with Crippen LogP contribution in [-0.4, -0.2) is 33.4 Å².